The molecule has 0 radical (unpaired) electrons. The van der Waals surface area contributed by atoms with Crippen molar-refractivity contribution in [1.82, 2.24) is 4.90 Å². The van der Waals surface area contributed by atoms with E-state index in [9.17, 15) is 4.79 Å². The molecule has 0 saturated carbocycles. The normalized spacial score (nSPS) is 28.7. The molecule has 0 spiro atoms. The molecule has 0 aromatic heterocycles. The molecule has 1 amide bonds. The third-order valence-corrected chi connectivity index (χ3v) is 4.79. The van der Waals surface area contributed by atoms with Crippen LogP contribution in [0.5, 0.6) is 5.75 Å². The summed E-state index contributed by atoms with van der Waals surface area (Å²) >= 11 is 3.45. The average molecular weight is 354 g/mol. The molecule has 2 aliphatic heterocycles. The largest absolute Gasteiger partial charge is 0.493 e. The number of rotatable bonds is 2. The fourth-order valence-electron chi connectivity index (χ4n) is 3.13. The minimum absolute atomic E-state index is 0.0767. The SMILES string of the molecule is CC1CN(C(=O)C2CCOc3ccccc32)CC(CBr)O1. The zero-order chi connectivity index (χ0) is 14.8. The quantitative estimate of drug-likeness (QED) is 0.767. The van der Waals surface area contributed by atoms with E-state index in [1.807, 2.05) is 36.1 Å². The van der Waals surface area contributed by atoms with Crippen molar-refractivity contribution in [3.05, 3.63) is 29.8 Å². The maximum Gasteiger partial charge on any atom is 0.230 e. The molecule has 3 unspecified atom stereocenters. The summed E-state index contributed by atoms with van der Waals surface area (Å²) in [6, 6.07) is 7.86. The van der Waals surface area contributed by atoms with Gasteiger partial charge in [0.15, 0.2) is 0 Å². The summed E-state index contributed by atoms with van der Waals surface area (Å²) in [7, 11) is 0. The summed E-state index contributed by atoms with van der Waals surface area (Å²) in [6.07, 6.45) is 0.911. The number of alkyl halides is 1. The van der Waals surface area contributed by atoms with Gasteiger partial charge < -0.3 is 14.4 Å². The molecule has 0 bridgehead atoms. The van der Waals surface area contributed by atoms with Gasteiger partial charge in [-0.15, -0.1) is 0 Å². The van der Waals surface area contributed by atoms with E-state index in [-0.39, 0.29) is 24.0 Å². The first-order chi connectivity index (χ1) is 10.2. The van der Waals surface area contributed by atoms with Crippen molar-refractivity contribution < 1.29 is 14.3 Å². The van der Waals surface area contributed by atoms with Gasteiger partial charge in [-0.05, 0) is 19.4 Å². The van der Waals surface area contributed by atoms with Gasteiger partial charge in [0, 0.05) is 24.0 Å². The molecular formula is C16H20BrNO3. The number of hydrogen-bond donors (Lipinski definition) is 0. The van der Waals surface area contributed by atoms with Crippen molar-refractivity contribution >= 4 is 21.8 Å². The summed E-state index contributed by atoms with van der Waals surface area (Å²) in [5, 5.41) is 0.755. The number of benzene rings is 1. The Bertz CT molecular complexity index is 522. The minimum Gasteiger partial charge on any atom is -0.493 e. The zero-order valence-electron chi connectivity index (χ0n) is 12.1. The summed E-state index contributed by atoms with van der Waals surface area (Å²) in [5.74, 6) is 0.962. The van der Waals surface area contributed by atoms with E-state index >= 15 is 0 Å². The smallest absolute Gasteiger partial charge is 0.230 e. The molecule has 1 aromatic carbocycles. The van der Waals surface area contributed by atoms with E-state index in [4.69, 9.17) is 9.47 Å². The monoisotopic (exact) mass is 353 g/mol. The van der Waals surface area contributed by atoms with Crippen LogP contribution in [0.3, 0.4) is 0 Å². The number of morpholine rings is 1. The van der Waals surface area contributed by atoms with Crippen molar-refractivity contribution in [2.24, 2.45) is 0 Å². The third-order valence-electron chi connectivity index (χ3n) is 4.07. The van der Waals surface area contributed by atoms with Crippen molar-refractivity contribution in [1.29, 1.82) is 0 Å². The number of ether oxygens (including phenoxy) is 2. The Morgan fingerprint density at radius 2 is 2.19 bits per heavy atom. The fourth-order valence-corrected chi connectivity index (χ4v) is 3.49. The van der Waals surface area contributed by atoms with Gasteiger partial charge in [0.25, 0.3) is 0 Å². The van der Waals surface area contributed by atoms with Gasteiger partial charge >= 0.3 is 0 Å². The molecule has 2 aliphatic rings. The summed E-state index contributed by atoms with van der Waals surface area (Å²) in [4.78, 5) is 14.9. The van der Waals surface area contributed by atoms with E-state index < -0.39 is 0 Å². The molecule has 0 N–H and O–H groups in total. The summed E-state index contributed by atoms with van der Waals surface area (Å²) in [6.45, 7) is 3.96. The maximum absolute atomic E-state index is 12.9. The van der Waals surface area contributed by atoms with Gasteiger partial charge in [-0.3, -0.25) is 4.79 Å². The Kier molecular flexibility index (Phi) is 4.50. The minimum atomic E-state index is -0.0868. The van der Waals surface area contributed by atoms with Crippen LogP contribution in [-0.2, 0) is 9.53 Å². The predicted molar refractivity (Wildman–Crippen MR) is 84.0 cm³/mol. The number of fused-ring (bicyclic) bond motifs is 1. The van der Waals surface area contributed by atoms with E-state index in [1.165, 1.54) is 0 Å². The van der Waals surface area contributed by atoms with Crippen LogP contribution in [0.4, 0.5) is 0 Å². The lowest BCUT2D eigenvalue weighted by Crippen LogP contribution is -2.51. The highest BCUT2D eigenvalue weighted by Crippen LogP contribution is 2.35. The average Bonchev–Trinajstić information content (AvgIpc) is 2.53. The van der Waals surface area contributed by atoms with Crippen LogP contribution in [-0.4, -0.2) is 48.0 Å². The van der Waals surface area contributed by atoms with Crippen LogP contribution in [0.15, 0.2) is 24.3 Å². The van der Waals surface area contributed by atoms with E-state index in [0.29, 0.717) is 19.7 Å². The number of nitrogens with zero attached hydrogens (tertiary/aromatic N) is 1. The molecule has 2 heterocycles. The molecule has 3 rings (SSSR count). The van der Waals surface area contributed by atoms with Gasteiger partial charge in [0.2, 0.25) is 5.91 Å². The second-order valence-electron chi connectivity index (χ2n) is 5.69. The van der Waals surface area contributed by atoms with Gasteiger partial charge in [0.1, 0.15) is 5.75 Å². The number of carbonyl (C=O) groups excluding carboxylic acids is 1. The second kappa shape index (κ2) is 6.36. The topological polar surface area (TPSA) is 38.8 Å². The maximum atomic E-state index is 12.9. The van der Waals surface area contributed by atoms with Crippen LogP contribution >= 0.6 is 15.9 Å². The van der Waals surface area contributed by atoms with Crippen molar-refractivity contribution in [3.63, 3.8) is 0 Å². The molecule has 21 heavy (non-hydrogen) atoms. The third kappa shape index (κ3) is 3.09. The first kappa shape index (κ1) is 14.9. The van der Waals surface area contributed by atoms with Gasteiger partial charge in [-0.25, -0.2) is 0 Å². The van der Waals surface area contributed by atoms with Crippen molar-refractivity contribution in [2.45, 2.75) is 31.5 Å². The van der Waals surface area contributed by atoms with Gasteiger partial charge in [-0.2, -0.15) is 0 Å². The van der Waals surface area contributed by atoms with E-state index in [1.54, 1.807) is 0 Å². The standard InChI is InChI=1S/C16H20BrNO3/c1-11-9-18(10-12(8-17)21-11)16(19)14-6-7-20-15-5-3-2-4-13(14)15/h2-5,11-12,14H,6-10H2,1H3. The molecule has 3 atom stereocenters. The summed E-state index contributed by atoms with van der Waals surface area (Å²) in [5.41, 5.74) is 1.02. The molecule has 114 valence electrons. The number of halogens is 1. The lowest BCUT2D eigenvalue weighted by Gasteiger charge is -2.38. The molecule has 1 fully saturated rings. The number of carbonyl (C=O) groups is 1. The molecule has 1 saturated heterocycles. The van der Waals surface area contributed by atoms with E-state index in [0.717, 1.165) is 23.1 Å². The van der Waals surface area contributed by atoms with Crippen molar-refractivity contribution in [2.75, 3.05) is 25.0 Å². The summed E-state index contributed by atoms with van der Waals surface area (Å²) < 4.78 is 11.5. The Hall–Kier alpha value is -1.07. The number of hydrogen-bond acceptors (Lipinski definition) is 3. The second-order valence-corrected chi connectivity index (χ2v) is 6.34. The Balaban J connectivity index is 1.79. The Labute approximate surface area is 133 Å². The Morgan fingerprint density at radius 3 is 3.00 bits per heavy atom. The van der Waals surface area contributed by atoms with E-state index in [2.05, 4.69) is 15.9 Å². The lowest BCUT2D eigenvalue weighted by atomic mass is 9.91. The molecule has 5 heteroatoms. The molecule has 4 nitrogen and oxygen atoms in total. The number of amides is 1. The van der Waals surface area contributed by atoms with Gasteiger partial charge in [-0.1, -0.05) is 34.1 Å². The molecular weight excluding hydrogens is 334 g/mol. The first-order valence-corrected chi connectivity index (χ1v) is 8.53. The van der Waals surface area contributed by atoms with Gasteiger partial charge in [0.05, 0.1) is 24.7 Å². The van der Waals surface area contributed by atoms with Crippen LogP contribution in [0, 0.1) is 0 Å². The number of para-hydroxylation sites is 1. The molecule has 0 aliphatic carbocycles. The zero-order valence-corrected chi connectivity index (χ0v) is 13.7. The van der Waals surface area contributed by atoms with Crippen LogP contribution in [0.25, 0.3) is 0 Å². The predicted octanol–water partition coefficient (Wildman–Crippen LogP) is 2.56. The lowest BCUT2D eigenvalue weighted by molar-refractivity contribution is -0.145. The van der Waals surface area contributed by atoms with Crippen LogP contribution in [0.2, 0.25) is 0 Å². The fraction of sp³-hybridized carbons (Fsp3) is 0.562. The molecule has 1 aromatic rings. The highest BCUT2D eigenvalue weighted by molar-refractivity contribution is 9.09. The van der Waals surface area contributed by atoms with Crippen LogP contribution in [0.1, 0.15) is 24.8 Å². The highest BCUT2D eigenvalue weighted by atomic mass is 79.9. The Morgan fingerprint density at radius 1 is 1.38 bits per heavy atom. The van der Waals surface area contributed by atoms with Crippen molar-refractivity contribution in [3.8, 4) is 5.75 Å². The first-order valence-electron chi connectivity index (χ1n) is 7.41. The van der Waals surface area contributed by atoms with Crippen LogP contribution < -0.4 is 4.74 Å². The highest BCUT2D eigenvalue weighted by Gasteiger charge is 2.34.